The summed E-state index contributed by atoms with van der Waals surface area (Å²) in [5.41, 5.74) is 0.976. The number of sulfonamides is 1. The van der Waals surface area contributed by atoms with Gasteiger partial charge in [-0.15, -0.1) is 0 Å². The number of hydrogen-bond donors (Lipinski definition) is 1. The van der Waals surface area contributed by atoms with E-state index < -0.39 is 14.9 Å². The van der Waals surface area contributed by atoms with Crippen molar-refractivity contribution in [2.45, 2.75) is 31.6 Å². The molecule has 1 aromatic rings. The van der Waals surface area contributed by atoms with Crippen molar-refractivity contribution in [3.05, 3.63) is 33.9 Å². The first-order valence-electron chi connectivity index (χ1n) is 7.38. The number of rotatable bonds is 5. The molecule has 0 atom stereocenters. The molecule has 0 aliphatic carbocycles. The molecule has 0 bridgehead atoms. The second-order valence-electron chi connectivity index (χ2n) is 5.41. The lowest BCUT2D eigenvalue weighted by molar-refractivity contribution is -0.385. The molecule has 1 N–H and O–H groups in total. The highest BCUT2D eigenvalue weighted by atomic mass is 32.2. The molecule has 0 spiro atoms. The molecule has 2 rings (SSSR count). The molecule has 9 heteroatoms. The quantitative estimate of drug-likeness (QED) is 0.648. The number of nitro groups is 1. The van der Waals surface area contributed by atoms with E-state index in [0.717, 1.165) is 31.4 Å². The van der Waals surface area contributed by atoms with Crippen LogP contribution >= 0.6 is 0 Å². The van der Waals surface area contributed by atoms with E-state index in [9.17, 15) is 18.5 Å². The predicted octanol–water partition coefficient (Wildman–Crippen LogP) is 1.65. The van der Waals surface area contributed by atoms with Crippen LogP contribution in [-0.2, 0) is 10.0 Å². The van der Waals surface area contributed by atoms with Gasteiger partial charge in [0.05, 0.1) is 9.82 Å². The second kappa shape index (κ2) is 7.05. The van der Waals surface area contributed by atoms with Gasteiger partial charge in [0.1, 0.15) is 0 Å². The Balaban J connectivity index is 2.14. The third-order valence-corrected chi connectivity index (χ3v) is 5.10. The Kier molecular flexibility index (Phi) is 5.32. The Bertz CT molecular complexity index is 720. The highest BCUT2D eigenvalue weighted by Gasteiger charge is 2.20. The predicted molar refractivity (Wildman–Crippen MR) is 86.9 cm³/mol. The van der Waals surface area contributed by atoms with Crippen molar-refractivity contribution >= 4 is 21.4 Å². The summed E-state index contributed by atoms with van der Waals surface area (Å²) < 4.78 is 24.5. The summed E-state index contributed by atoms with van der Waals surface area (Å²) in [5, 5.41) is 14.9. The third-order valence-electron chi connectivity index (χ3n) is 3.89. The Labute approximate surface area is 135 Å². The van der Waals surface area contributed by atoms with Crippen molar-refractivity contribution in [3.63, 3.8) is 0 Å². The number of nitrogens with zero attached hydrogens (tertiary/aromatic N) is 3. The molecular formula is C14H20N4O4S. The molecule has 1 aliphatic rings. The first-order valence-corrected chi connectivity index (χ1v) is 8.86. The SMILES string of the molecule is CCN1CCC(=NNS(=O)(=O)c2ccc(C)c([N+](=O)[O-])c2)CC1. The molecule has 8 nitrogen and oxygen atoms in total. The highest BCUT2D eigenvalue weighted by molar-refractivity contribution is 7.89. The zero-order valence-electron chi connectivity index (χ0n) is 13.2. The van der Waals surface area contributed by atoms with Gasteiger partial charge in [-0.1, -0.05) is 13.0 Å². The number of benzene rings is 1. The Hall–Kier alpha value is -2.00. The van der Waals surface area contributed by atoms with Crippen LogP contribution in [0, 0.1) is 17.0 Å². The number of nitrogens with one attached hydrogen (secondary N) is 1. The van der Waals surface area contributed by atoms with Gasteiger partial charge in [-0.05, 0) is 19.5 Å². The minimum absolute atomic E-state index is 0.162. The van der Waals surface area contributed by atoms with E-state index in [1.54, 1.807) is 6.92 Å². The first kappa shape index (κ1) is 17.4. The lowest BCUT2D eigenvalue weighted by Crippen LogP contribution is -2.34. The first-order chi connectivity index (χ1) is 10.8. The molecule has 1 aliphatic heterocycles. The minimum atomic E-state index is -3.91. The van der Waals surface area contributed by atoms with Gasteiger partial charge >= 0.3 is 0 Å². The van der Waals surface area contributed by atoms with E-state index >= 15 is 0 Å². The van der Waals surface area contributed by atoms with Crippen LogP contribution in [0.3, 0.4) is 0 Å². The number of nitro benzene ring substituents is 1. The standard InChI is InChI=1S/C14H20N4O4S/c1-3-17-8-6-12(7-9-17)15-16-23(21,22)13-5-4-11(2)14(10-13)18(19)20/h4-5,10,16H,3,6-9H2,1-2H3. The van der Waals surface area contributed by atoms with Crippen LogP contribution in [0.5, 0.6) is 0 Å². The van der Waals surface area contributed by atoms with Crippen LogP contribution in [0.2, 0.25) is 0 Å². The van der Waals surface area contributed by atoms with E-state index in [1.807, 2.05) is 0 Å². The van der Waals surface area contributed by atoms with E-state index in [-0.39, 0.29) is 10.6 Å². The third kappa shape index (κ3) is 4.26. The van der Waals surface area contributed by atoms with Crippen LogP contribution in [0.4, 0.5) is 5.69 Å². The lowest BCUT2D eigenvalue weighted by atomic mass is 10.1. The maximum Gasteiger partial charge on any atom is 0.276 e. The Morgan fingerprint density at radius 1 is 1.35 bits per heavy atom. The van der Waals surface area contributed by atoms with Crippen molar-refractivity contribution < 1.29 is 13.3 Å². The largest absolute Gasteiger partial charge is 0.303 e. The molecule has 0 unspecified atom stereocenters. The lowest BCUT2D eigenvalue weighted by Gasteiger charge is -2.25. The van der Waals surface area contributed by atoms with Crippen LogP contribution < -0.4 is 4.83 Å². The van der Waals surface area contributed by atoms with Crippen molar-refractivity contribution in [2.75, 3.05) is 19.6 Å². The summed E-state index contributed by atoms with van der Waals surface area (Å²) in [6.45, 7) is 6.31. The summed E-state index contributed by atoms with van der Waals surface area (Å²) in [6.07, 6.45) is 1.43. The van der Waals surface area contributed by atoms with Crippen molar-refractivity contribution in [3.8, 4) is 0 Å². The molecule has 1 saturated heterocycles. The van der Waals surface area contributed by atoms with E-state index in [4.69, 9.17) is 0 Å². The van der Waals surface area contributed by atoms with Gasteiger partial charge < -0.3 is 4.90 Å². The Morgan fingerprint density at radius 3 is 2.57 bits per heavy atom. The molecule has 1 fully saturated rings. The van der Waals surface area contributed by atoms with Gasteiger partial charge in [0, 0.05) is 43.3 Å². The van der Waals surface area contributed by atoms with Gasteiger partial charge in [0.25, 0.3) is 15.7 Å². The number of hydrazone groups is 1. The van der Waals surface area contributed by atoms with Gasteiger partial charge in [0.15, 0.2) is 0 Å². The summed E-state index contributed by atoms with van der Waals surface area (Å²) in [4.78, 5) is 14.6. The molecule has 1 aromatic carbocycles. The van der Waals surface area contributed by atoms with E-state index in [0.29, 0.717) is 18.4 Å². The molecule has 126 valence electrons. The summed E-state index contributed by atoms with van der Waals surface area (Å²) in [5.74, 6) is 0. The van der Waals surface area contributed by atoms with Crippen LogP contribution in [0.25, 0.3) is 0 Å². The molecule has 1 heterocycles. The molecular weight excluding hydrogens is 320 g/mol. The minimum Gasteiger partial charge on any atom is -0.303 e. The molecule has 0 aromatic heterocycles. The van der Waals surface area contributed by atoms with Crippen LogP contribution in [0.1, 0.15) is 25.3 Å². The van der Waals surface area contributed by atoms with Gasteiger partial charge in [-0.25, -0.2) is 4.83 Å². The van der Waals surface area contributed by atoms with Crippen LogP contribution in [0.15, 0.2) is 28.2 Å². The van der Waals surface area contributed by atoms with Gasteiger partial charge in [0.2, 0.25) is 0 Å². The van der Waals surface area contributed by atoms with Crippen molar-refractivity contribution in [2.24, 2.45) is 5.10 Å². The fourth-order valence-corrected chi connectivity index (χ4v) is 3.24. The number of hydrogen-bond acceptors (Lipinski definition) is 6. The topological polar surface area (TPSA) is 105 Å². The van der Waals surface area contributed by atoms with Gasteiger partial charge in [-0.2, -0.15) is 13.5 Å². The molecule has 0 radical (unpaired) electrons. The van der Waals surface area contributed by atoms with Crippen molar-refractivity contribution in [1.29, 1.82) is 0 Å². The number of piperidine rings is 1. The molecule has 23 heavy (non-hydrogen) atoms. The summed E-state index contributed by atoms with van der Waals surface area (Å²) in [7, 11) is -3.91. The normalized spacial score (nSPS) is 16.2. The average Bonchev–Trinajstić information content (AvgIpc) is 2.53. The average molecular weight is 340 g/mol. The van der Waals surface area contributed by atoms with Crippen LogP contribution in [-0.4, -0.2) is 43.6 Å². The zero-order chi connectivity index (χ0) is 17.0. The summed E-state index contributed by atoms with van der Waals surface area (Å²) in [6, 6.07) is 3.81. The van der Waals surface area contributed by atoms with E-state index in [1.165, 1.54) is 12.1 Å². The van der Waals surface area contributed by atoms with E-state index in [2.05, 4.69) is 21.8 Å². The number of likely N-dealkylation sites (tertiary alicyclic amines) is 1. The maximum absolute atomic E-state index is 12.2. The highest BCUT2D eigenvalue weighted by Crippen LogP contribution is 2.22. The van der Waals surface area contributed by atoms with Gasteiger partial charge in [-0.3, -0.25) is 10.1 Å². The number of aryl methyl sites for hydroxylation is 1. The smallest absolute Gasteiger partial charge is 0.276 e. The second-order valence-corrected chi connectivity index (χ2v) is 7.07. The monoisotopic (exact) mass is 340 g/mol. The zero-order valence-corrected chi connectivity index (χ0v) is 14.0. The van der Waals surface area contributed by atoms with Crippen molar-refractivity contribution in [1.82, 2.24) is 9.73 Å². The fourth-order valence-electron chi connectivity index (χ4n) is 2.37. The maximum atomic E-state index is 12.2. The Morgan fingerprint density at radius 2 is 2.00 bits per heavy atom. The fraction of sp³-hybridized carbons (Fsp3) is 0.500. The molecule has 0 saturated carbocycles. The summed E-state index contributed by atoms with van der Waals surface area (Å²) >= 11 is 0. The molecule has 0 amide bonds.